The third-order valence-electron chi connectivity index (χ3n) is 3.63. The standard InChI is InChI=1S/C19H26O/c1-4-9-17(5-2)11-8-13-19(20)15-14-18-12-7-6-10-16(18)3/h5-7,10,12,14-15,17H,2,4,8-9,11,13H2,1,3H3. The second-order valence-electron chi connectivity index (χ2n) is 5.33. The van der Waals surface area contributed by atoms with Crippen molar-refractivity contribution in [3.8, 4) is 0 Å². The van der Waals surface area contributed by atoms with Crippen LogP contribution in [0.1, 0.15) is 50.2 Å². The van der Waals surface area contributed by atoms with Crippen molar-refractivity contribution in [1.82, 2.24) is 0 Å². The number of allylic oxidation sites excluding steroid dienone is 2. The van der Waals surface area contributed by atoms with Crippen molar-refractivity contribution in [2.45, 2.75) is 46.0 Å². The minimum atomic E-state index is 0.215. The molecule has 0 aromatic heterocycles. The molecule has 0 aliphatic heterocycles. The number of ketones is 1. The molecule has 20 heavy (non-hydrogen) atoms. The number of carbonyl (C=O) groups is 1. The first-order chi connectivity index (χ1) is 9.67. The number of rotatable bonds is 9. The lowest BCUT2D eigenvalue weighted by atomic mass is 9.96. The zero-order valence-corrected chi connectivity index (χ0v) is 12.8. The lowest BCUT2D eigenvalue weighted by Crippen LogP contribution is -1.99. The Labute approximate surface area is 123 Å². The fraction of sp³-hybridized carbons (Fsp3) is 0.421. The van der Waals surface area contributed by atoms with Gasteiger partial charge in [-0.05, 0) is 49.3 Å². The number of hydrogen-bond donors (Lipinski definition) is 0. The molecule has 0 amide bonds. The highest BCUT2D eigenvalue weighted by Crippen LogP contribution is 2.16. The molecule has 0 aliphatic carbocycles. The van der Waals surface area contributed by atoms with E-state index in [2.05, 4.69) is 26.5 Å². The first kappa shape index (κ1) is 16.4. The Hall–Kier alpha value is -1.63. The molecule has 0 saturated carbocycles. The molecule has 108 valence electrons. The van der Waals surface area contributed by atoms with Crippen molar-refractivity contribution in [1.29, 1.82) is 0 Å². The zero-order chi connectivity index (χ0) is 14.8. The van der Waals surface area contributed by atoms with E-state index in [0.29, 0.717) is 12.3 Å². The van der Waals surface area contributed by atoms with Gasteiger partial charge in [0.25, 0.3) is 0 Å². The Morgan fingerprint density at radius 1 is 1.30 bits per heavy atom. The molecule has 0 bridgehead atoms. The third kappa shape index (κ3) is 6.01. The monoisotopic (exact) mass is 270 g/mol. The quantitative estimate of drug-likeness (QED) is 0.436. The van der Waals surface area contributed by atoms with Crippen LogP contribution in [-0.2, 0) is 4.79 Å². The van der Waals surface area contributed by atoms with E-state index in [1.165, 1.54) is 18.4 Å². The molecular weight excluding hydrogens is 244 g/mol. The average molecular weight is 270 g/mol. The summed E-state index contributed by atoms with van der Waals surface area (Å²) < 4.78 is 0. The van der Waals surface area contributed by atoms with E-state index < -0.39 is 0 Å². The van der Waals surface area contributed by atoms with Crippen molar-refractivity contribution in [3.63, 3.8) is 0 Å². The molecule has 0 heterocycles. The van der Waals surface area contributed by atoms with Gasteiger partial charge in [0.05, 0.1) is 0 Å². The molecule has 0 fully saturated rings. The van der Waals surface area contributed by atoms with Gasteiger partial charge < -0.3 is 0 Å². The van der Waals surface area contributed by atoms with E-state index in [1.807, 2.05) is 30.4 Å². The molecule has 1 aromatic carbocycles. The van der Waals surface area contributed by atoms with Crippen LogP contribution in [0, 0.1) is 12.8 Å². The predicted molar refractivity (Wildman–Crippen MR) is 87.7 cm³/mol. The lowest BCUT2D eigenvalue weighted by molar-refractivity contribution is -0.114. The second-order valence-corrected chi connectivity index (χ2v) is 5.33. The number of hydrogen-bond acceptors (Lipinski definition) is 1. The smallest absolute Gasteiger partial charge is 0.155 e. The van der Waals surface area contributed by atoms with E-state index in [-0.39, 0.29) is 5.78 Å². The third-order valence-corrected chi connectivity index (χ3v) is 3.63. The van der Waals surface area contributed by atoms with Crippen molar-refractivity contribution in [3.05, 3.63) is 54.1 Å². The van der Waals surface area contributed by atoms with E-state index in [9.17, 15) is 4.79 Å². The van der Waals surface area contributed by atoms with E-state index >= 15 is 0 Å². The van der Waals surface area contributed by atoms with Gasteiger partial charge in [0.1, 0.15) is 0 Å². The summed E-state index contributed by atoms with van der Waals surface area (Å²) in [6, 6.07) is 8.10. The van der Waals surface area contributed by atoms with Gasteiger partial charge >= 0.3 is 0 Å². The number of aryl methyl sites for hydroxylation is 1. The molecule has 1 atom stereocenters. The highest BCUT2D eigenvalue weighted by molar-refractivity contribution is 5.93. The van der Waals surface area contributed by atoms with Crippen LogP contribution in [0.3, 0.4) is 0 Å². The van der Waals surface area contributed by atoms with Crippen molar-refractivity contribution in [2.75, 3.05) is 0 Å². The Kier molecular flexibility index (Phi) is 7.64. The highest BCUT2D eigenvalue weighted by Gasteiger charge is 2.04. The maximum atomic E-state index is 11.8. The molecule has 0 aliphatic rings. The largest absolute Gasteiger partial charge is 0.295 e. The molecule has 1 nitrogen and oxygen atoms in total. The van der Waals surface area contributed by atoms with Crippen LogP contribution >= 0.6 is 0 Å². The maximum absolute atomic E-state index is 11.8. The summed E-state index contributed by atoms with van der Waals surface area (Å²) in [6.45, 7) is 8.11. The fourth-order valence-corrected chi connectivity index (χ4v) is 2.33. The highest BCUT2D eigenvalue weighted by atomic mass is 16.1. The SMILES string of the molecule is C=CC(CCC)CCCC(=O)C=Cc1ccccc1C. The Morgan fingerprint density at radius 3 is 2.70 bits per heavy atom. The summed E-state index contributed by atoms with van der Waals surface area (Å²) in [6.07, 6.45) is 10.7. The van der Waals surface area contributed by atoms with Gasteiger partial charge in [0, 0.05) is 6.42 Å². The number of carbonyl (C=O) groups excluding carboxylic acids is 1. The Morgan fingerprint density at radius 2 is 2.05 bits per heavy atom. The van der Waals surface area contributed by atoms with Gasteiger partial charge in [-0.1, -0.05) is 49.8 Å². The van der Waals surface area contributed by atoms with Crippen LogP contribution in [0.25, 0.3) is 6.08 Å². The summed E-state index contributed by atoms with van der Waals surface area (Å²) in [4.78, 5) is 11.8. The first-order valence-corrected chi connectivity index (χ1v) is 7.56. The van der Waals surface area contributed by atoms with E-state index in [0.717, 1.165) is 18.4 Å². The molecule has 0 spiro atoms. The minimum Gasteiger partial charge on any atom is -0.295 e. The Bertz CT molecular complexity index is 457. The summed E-state index contributed by atoms with van der Waals surface area (Å²) >= 11 is 0. The fourth-order valence-electron chi connectivity index (χ4n) is 2.33. The Balaban J connectivity index is 2.37. The second kappa shape index (κ2) is 9.30. The van der Waals surface area contributed by atoms with Gasteiger partial charge in [-0.25, -0.2) is 0 Å². The lowest BCUT2D eigenvalue weighted by Gasteiger charge is -2.09. The topological polar surface area (TPSA) is 17.1 Å². The summed E-state index contributed by atoms with van der Waals surface area (Å²) in [5.74, 6) is 0.778. The summed E-state index contributed by atoms with van der Waals surface area (Å²) in [7, 11) is 0. The van der Waals surface area contributed by atoms with Gasteiger partial charge in [0.2, 0.25) is 0 Å². The maximum Gasteiger partial charge on any atom is 0.155 e. The molecule has 0 saturated heterocycles. The predicted octanol–water partition coefficient (Wildman–Crippen LogP) is 5.35. The van der Waals surface area contributed by atoms with Crippen molar-refractivity contribution >= 4 is 11.9 Å². The average Bonchev–Trinajstić information content (AvgIpc) is 2.45. The van der Waals surface area contributed by atoms with Crippen molar-refractivity contribution < 1.29 is 4.79 Å². The molecule has 1 heteroatoms. The minimum absolute atomic E-state index is 0.215. The van der Waals surface area contributed by atoms with Gasteiger partial charge in [-0.2, -0.15) is 0 Å². The molecular formula is C19H26O. The van der Waals surface area contributed by atoms with Crippen LogP contribution < -0.4 is 0 Å². The van der Waals surface area contributed by atoms with Crippen molar-refractivity contribution in [2.24, 2.45) is 5.92 Å². The van der Waals surface area contributed by atoms with Crippen LogP contribution in [0.5, 0.6) is 0 Å². The number of benzene rings is 1. The van der Waals surface area contributed by atoms with Crippen LogP contribution in [0.2, 0.25) is 0 Å². The van der Waals surface area contributed by atoms with E-state index in [1.54, 1.807) is 6.08 Å². The zero-order valence-electron chi connectivity index (χ0n) is 12.8. The molecule has 1 aromatic rings. The first-order valence-electron chi connectivity index (χ1n) is 7.56. The summed E-state index contributed by atoms with van der Waals surface area (Å²) in [5, 5.41) is 0. The van der Waals surface area contributed by atoms with Gasteiger partial charge in [-0.3, -0.25) is 4.79 Å². The van der Waals surface area contributed by atoms with E-state index in [4.69, 9.17) is 0 Å². The molecule has 1 unspecified atom stereocenters. The van der Waals surface area contributed by atoms with Gasteiger partial charge in [0.15, 0.2) is 5.78 Å². The van der Waals surface area contributed by atoms with Gasteiger partial charge in [-0.15, -0.1) is 6.58 Å². The summed E-state index contributed by atoms with van der Waals surface area (Å²) in [5.41, 5.74) is 2.32. The molecule has 0 N–H and O–H groups in total. The molecule has 1 rings (SSSR count). The van der Waals surface area contributed by atoms with Crippen LogP contribution in [0.15, 0.2) is 43.0 Å². The normalized spacial score (nSPS) is 12.5. The molecule has 0 radical (unpaired) electrons. The van der Waals surface area contributed by atoms with Crippen LogP contribution in [-0.4, -0.2) is 5.78 Å². The van der Waals surface area contributed by atoms with Crippen LogP contribution in [0.4, 0.5) is 0 Å².